The maximum absolute atomic E-state index is 6.35. The van der Waals surface area contributed by atoms with Gasteiger partial charge in [-0.15, -0.1) is 0 Å². The van der Waals surface area contributed by atoms with Gasteiger partial charge < -0.3 is 10.5 Å². The first-order valence-electron chi connectivity index (χ1n) is 7.01. The number of halogens is 1. The van der Waals surface area contributed by atoms with Crippen molar-refractivity contribution in [1.82, 2.24) is 0 Å². The Hall–Kier alpha value is -0.380. The van der Waals surface area contributed by atoms with Crippen molar-refractivity contribution in [2.24, 2.45) is 5.73 Å². The number of hydrogen-bond acceptors (Lipinski definition) is 3. The molecule has 1 aromatic rings. The number of thioether (sulfide) groups is 1. The first-order valence-corrected chi connectivity index (χ1v) is 8.54. The van der Waals surface area contributed by atoms with Gasteiger partial charge in [0, 0.05) is 11.3 Å². The number of hydrogen-bond donors (Lipinski definition) is 1. The molecule has 0 radical (unpaired) electrons. The highest BCUT2D eigenvalue weighted by molar-refractivity contribution is 7.99. The fourth-order valence-corrected chi connectivity index (χ4v) is 4.00. The number of ether oxygens (including phenoxy) is 1. The standard InChI is InChI=1S/C15H20ClNOS/c16-13-9-11(15(17)6-2-7-15)4-5-14(13)18-12-3-1-8-19-10-12/h4-5,9,12H,1-3,6-8,10,17H2. The minimum atomic E-state index is -0.150. The molecule has 2 nitrogen and oxygen atoms in total. The van der Waals surface area contributed by atoms with Gasteiger partial charge in [0.25, 0.3) is 0 Å². The van der Waals surface area contributed by atoms with Gasteiger partial charge in [0.2, 0.25) is 0 Å². The van der Waals surface area contributed by atoms with E-state index in [4.69, 9.17) is 22.1 Å². The highest BCUT2D eigenvalue weighted by Gasteiger charge is 2.34. The molecule has 1 aromatic carbocycles. The van der Waals surface area contributed by atoms with Crippen molar-refractivity contribution in [3.05, 3.63) is 28.8 Å². The molecule has 104 valence electrons. The van der Waals surface area contributed by atoms with E-state index in [0.717, 1.165) is 36.3 Å². The lowest BCUT2D eigenvalue weighted by Crippen LogP contribution is -2.43. The van der Waals surface area contributed by atoms with Gasteiger partial charge in [0.15, 0.2) is 0 Å². The zero-order chi connectivity index (χ0) is 13.3. The first-order chi connectivity index (χ1) is 9.17. The molecule has 2 aliphatic rings. The van der Waals surface area contributed by atoms with E-state index in [1.807, 2.05) is 23.9 Å². The summed E-state index contributed by atoms with van der Waals surface area (Å²) < 4.78 is 6.01. The zero-order valence-electron chi connectivity index (χ0n) is 11.0. The molecule has 1 unspecified atom stereocenters. The van der Waals surface area contributed by atoms with E-state index in [1.54, 1.807) is 0 Å². The van der Waals surface area contributed by atoms with E-state index < -0.39 is 0 Å². The normalized spacial score (nSPS) is 25.7. The van der Waals surface area contributed by atoms with Gasteiger partial charge >= 0.3 is 0 Å². The maximum Gasteiger partial charge on any atom is 0.138 e. The van der Waals surface area contributed by atoms with Crippen molar-refractivity contribution in [2.45, 2.75) is 43.7 Å². The van der Waals surface area contributed by atoms with Crippen molar-refractivity contribution in [3.8, 4) is 5.75 Å². The second-order valence-electron chi connectivity index (χ2n) is 5.61. The molecule has 1 atom stereocenters. The summed E-state index contributed by atoms with van der Waals surface area (Å²) in [4.78, 5) is 0. The zero-order valence-corrected chi connectivity index (χ0v) is 12.6. The topological polar surface area (TPSA) is 35.2 Å². The Labute approximate surface area is 124 Å². The Balaban J connectivity index is 1.72. The Morgan fingerprint density at radius 1 is 1.32 bits per heavy atom. The molecule has 2 fully saturated rings. The van der Waals surface area contributed by atoms with Crippen LogP contribution in [0, 0.1) is 0 Å². The Bertz CT molecular complexity index is 455. The third kappa shape index (κ3) is 2.88. The van der Waals surface area contributed by atoms with Gasteiger partial charge in [-0.3, -0.25) is 0 Å². The fraction of sp³-hybridized carbons (Fsp3) is 0.600. The summed E-state index contributed by atoms with van der Waals surface area (Å²) in [5, 5.41) is 0.699. The van der Waals surface area contributed by atoms with Gasteiger partial charge in [0.1, 0.15) is 11.9 Å². The number of benzene rings is 1. The summed E-state index contributed by atoms with van der Waals surface area (Å²) in [5.74, 6) is 3.13. The number of rotatable bonds is 3. The molecule has 1 saturated heterocycles. The Morgan fingerprint density at radius 2 is 2.16 bits per heavy atom. The van der Waals surface area contributed by atoms with Crippen LogP contribution in [0.25, 0.3) is 0 Å². The van der Waals surface area contributed by atoms with Crippen LogP contribution in [-0.4, -0.2) is 17.6 Å². The SMILES string of the molecule is NC1(c2ccc(OC3CCCSC3)c(Cl)c2)CCC1. The molecular formula is C15H20ClNOS. The molecule has 2 N–H and O–H groups in total. The smallest absolute Gasteiger partial charge is 0.138 e. The minimum absolute atomic E-state index is 0.150. The summed E-state index contributed by atoms with van der Waals surface area (Å²) in [5.41, 5.74) is 7.32. The van der Waals surface area contributed by atoms with E-state index >= 15 is 0 Å². The quantitative estimate of drug-likeness (QED) is 0.917. The average Bonchev–Trinajstić information content (AvgIpc) is 2.39. The van der Waals surface area contributed by atoms with Gasteiger partial charge in [-0.2, -0.15) is 11.8 Å². The summed E-state index contributed by atoms with van der Waals surface area (Å²) in [7, 11) is 0. The third-order valence-electron chi connectivity index (χ3n) is 4.16. The highest BCUT2D eigenvalue weighted by Crippen LogP contribution is 2.41. The van der Waals surface area contributed by atoms with E-state index in [9.17, 15) is 0 Å². The van der Waals surface area contributed by atoms with Crippen LogP contribution in [0.2, 0.25) is 5.02 Å². The van der Waals surface area contributed by atoms with Crippen molar-refractivity contribution < 1.29 is 4.74 Å². The largest absolute Gasteiger partial charge is 0.488 e. The second kappa shape index (κ2) is 5.55. The Morgan fingerprint density at radius 3 is 2.74 bits per heavy atom. The van der Waals surface area contributed by atoms with Gasteiger partial charge in [-0.1, -0.05) is 17.7 Å². The molecular weight excluding hydrogens is 278 g/mol. The number of nitrogens with two attached hydrogens (primary N) is 1. The van der Waals surface area contributed by atoms with Crippen LogP contribution in [0.1, 0.15) is 37.7 Å². The molecule has 0 spiro atoms. The third-order valence-corrected chi connectivity index (χ3v) is 5.64. The molecule has 1 saturated carbocycles. The van der Waals surface area contributed by atoms with Crippen LogP contribution >= 0.6 is 23.4 Å². The minimum Gasteiger partial charge on any atom is -0.488 e. The van der Waals surface area contributed by atoms with Crippen LogP contribution in [0.3, 0.4) is 0 Å². The fourth-order valence-electron chi connectivity index (χ4n) is 2.74. The van der Waals surface area contributed by atoms with Crippen LogP contribution in [0.4, 0.5) is 0 Å². The van der Waals surface area contributed by atoms with Crippen molar-refractivity contribution in [1.29, 1.82) is 0 Å². The summed E-state index contributed by atoms with van der Waals surface area (Å²) in [6.45, 7) is 0. The van der Waals surface area contributed by atoms with Crippen LogP contribution in [0.5, 0.6) is 5.75 Å². The molecule has 4 heteroatoms. The summed E-state index contributed by atoms with van der Waals surface area (Å²) in [6, 6.07) is 6.06. The predicted molar refractivity (Wildman–Crippen MR) is 82.1 cm³/mol. The van der Waals surface area contributed by atoms with E-state index in [2.05, 4.69) is 6.07 Å². The lowest BCUT2D eigenvalue weighted by atomic mass is 9.73. The average molecular weight is 298 g/mol. The second-order valence-corrected chi connectivity index (χ2v) is 7.17. The van der Waals surface area contributed by atoms with Crippen LogP contribution < -0.4 is 10.5 Å². The molecule has 0 amide bonds. The molecule has 0 bridgehead atoms. The predicted octanol–water partition coefficient (Wildman–Crippen LogP) is 3.95. The van der Waals surface area contributed by atoms with Gasteiger partial charge in [0.05, 0.1) is 5.02 Å². The van der Waals surface area contributed by atoms with E-state index in [0.29, 0.717) is 11.1 Å². The van der Waals surface area contributed by atoms with Gasteiger partial charge in [-0.05, 0) is 55.6 Å². The van der Waals surface area contributed by atoms with Crippen molar-refractivity contribution in [2.75, 3.05) is 11.5 Å². The molecule has 1 aliphatic carbocycles. The molecule has 1 aliphatic heterocycles. The monoisotopic (exact) mass is 297 g/mol. The Kier molecular flexibility index (Phi) is 3.97. The highest BCUT2D eigenvalue weighted by atomic mass is 35.5. The van der Waals surface area contributed by atoms with Crippen LogP contribution in [0.15, 0.2) is 18.2 Å². The maximum atomic E-state index is 6.35. The molecule has 1 heterocycles. The van der Waals surface area contributed by atoms with Gasteiger partial charge in [-0.25, -0.2) is 0 Å². The summed E-state index contributed by atoms with van der Waals surface area (Å²) in [6.07, 6.45) is 6.00. The first kappa shape index (κ1) is 13.6. The van der Waals surface area contributed by atoms with Crippen molar-refractivity contribution in [3.63, 3.8) is 0 Å². The van der Waals surface area contributed by atoms with Crippen LogP contribution in [-0.2, 0) is 5.54 Å². The van der Waals surface area contributed by atoms with E-state index in [1.165, 1.54) is 18.6 Å². The van der Waals surface area contributed by atoms with E-state index in [-0.39, 0.29) is 5.54 Å². The molecule has 3 rings (SSSR count). The summed E-state index contributed by atoms with van der Waals surface area (Å²) >= 11 is 8.31. The molecule has 0 aromatic heterocycles. The molecule has 19 heavy (non-hydrogen) atoms. The van der Waals surface area contributed by atoms with Crippen molar-refractivity contribution >= 4 is 23.4 Å². The lowest BCUT2D eigenvalue weighted by Gasteiger charge is -2.38. The lowest BCUT2D eigenvalue weighted by molar-refractivity contribution is 0.211.